The summed E-state index contributed by atoms with van der Waals surface area (Å²) in [4.78, 5) is 41.0. The molecule has 6 rings (SSSR count). The second-order valence-corrected chi connectivity index (χ2v) is 14.8. The average molecular weight is 629 g/mol. The predicted molar refractivity (Wildman–Crippen MR) is 173 cm³/mol. The van der Waals surface area contributed by atoms with Crippen LogP contribution in [0.5, 0.6) is 11.5 Å². The molecule has 244 valence electrons. The summed E-state index contributed by atoms with van der Waals surface area (Å²) in [5, 5.41) is 46.7. The maximum atomic E-state index is 14.6. The smallest absolute Gasteiger partial charge is 0.203 e. The number of hydrogen-bond donors (Lipinski definition) is 4. The van der Waals surface area contributed by atoms with Crippen molar-refractivity contribution in [2.45, 2.75) is 85.2 Å². The quantitative estimate of drug-likeness (QED) is 0.262. The van der Waals surface area contributed by atoms with Crippen molar-refractivity contribution in [3.05, 3.63) is 63.9 Å². The Morgan fingerprint density at radius 3 is 2.30 bits per heavy atom. The Hall–Kier alpha value is -3.91. The number of phenols is 1. The van der Waals surface area contributed by atoms with Crippen molar-refractivity contribution in [3.63, 3.8) is 0 Å². The number of hydrogen-bond acceptors (Lipinski definition) is 8. The first kappa shape index (κ1) is 32.0. The van der Waals surface area contributed by atoms with Crippen molar-refractivity contribution in [2.24, 2.45) is 28.6 Å². The molecule has 0 aromatic heterocycles. The SMILES string of the molecule is COc1ccc(CC2CCCC2)cc1-c1ccc(O)c2c1C[C@]1(C)C[C@]3(C)C(C(C)C)C(=O)C(C(C)=O)=C(O)[C@]3(O)C(=O)C1=C2O. The van der Waals surface area contributed by atoms with Crippen molar-refractivity contribution in [3.8, 4) is 22.6 Å². The highest BCUT2D eigenvalue weighted by molar-refractivity contribution is 6.24. The summed E-state index contributed by atoms with van der Waals surface area (Å²) in [7, 11) is 1.60. The van der Waals surface area contributed by atoms with Gasteiger partial charge in [-0.3, -0.25) is 14.4 Å². The van der Waals surface area contributed by atoms with Crippen molar-refractivity contribution in [1.29, 1.82) is 0 Å². The van der Waals surface area contributed by atoms with E-state index in [1.54, 1.807) is 33.9 Å². The van der Waals surface area contributed by atoms with Gasteiger partial charge in [0.15, 0.2) is 17.2 Å². The van der Waals surface area contributed by atoms with Crippen LogP contribution in [0.1, 0.15) is 83.4 Å². The first-order valence-electron chi connectivity index (χ1n) is 16.3. The van der Waals surface area contributed by atoms with Crippen molar-refractivity contribution >= 4 is 23.1 Å². The third kappa shape index (κ3) is 4.32. The highest BCUT2D eigenvalue weighted by Crippen LogP contribution is 2.65. The standard InChI is InChI=1S/C38H44O8/c1-19(2)30-32(41)28(20(3)39)34(43)38(45)35(44)31-33(42)29-25(17-36(31,4)18-37(30,38)5)23(12-13-26(29)40)24-16-22(11-14-27(24)46-6)15-21-9-7-8-10-21/h11-14,16,19,21,30,40,42-43,45H,7-10,15,17-18H2,1-6H3/t30?,36-,37-,38+/m1/s1. The summed E-state index contributed by atoms with van der Waals surface area (Å²) < 4.78 is 5.79. The molecule has 4 aliphatic carbocycles. The Balaban J connectivity index is 1.57. The number of phenolic OH excluding ortho intramolecular Hbond substituents is 1. The molecule has 4 N–H and O–H groups in total. The fourth-order valence-electron chi connectivity index (χ4n) is 9.61. The van der Waals surface area contributed by atoms with Crippen LogP contribution in [0.15, 0.2) is 47.2 Å². The molecule has 1 unspecified atom stereocenters. The fraction of sp³-hybridized carbons (Fsp3) is 0.500. The predicted octanol–water partition coefficient (Wildman–Crippen LogP) is 6.60. The lowest BCUT2D eigenvalue weighted by Gasteiger charge is -2.59. The van der Waals surface area contributed by atoms with Crippen molar-refractivity contribution in [1.82, 2.24) is 0 Å². The molecule has 4 atom stereocenters. The third-order valence-electron chi connectivity index (χ3n) is 11.4. The Labute approximate surface area is 269 Å². The molecule has 2 aromatic rings. The van der Waals surface area contributed by atoms with Crippen LogP contribution in [-0.4, -0.2) is 50.5 Å². The maximum absolute atomic E-state index is 14.6. The lowest BCUT2D eigenvalue weighted by Crippen LogP contribution is -2.69. The van der Waals surface area contributed by atoms with Gasteiger partial charge in [0.1, 0.15) is 28.6 Å². The molecule has 0 aliphatic heterocycles. The summed E-state index contributed by atoms with van der Waals surface area (Å²) in [6.45, 7) is 8.14. The van der Waals surface area contributed by atoms with Gasteiger partial charge in [-0.15, -0.1) is 0 Å². The van der Waals surface area contributed by atoms with E-state index in [1.807, 2.05) is 13.0 Å². The Kier molecular flexibility index (Phi) is 7.54. The van der Waals surface area contributed by atoms with E-state index in [1.165, 1.54) is 37.3 Å². The zero-order chi connectivity index (χ0) is 33.5. The van der Waals surface area contributed by atoms with Crippen LogP contribution in [0.2, 0.25) is 0 Å². The van der Waals surface area contributed by atoms with E-state index in [9.17, 15) is 34.8 Å². The number of allylic oxidation sites excluding steroid dienone is 1. The van der Waals surface area contributed by atoms with E-state index >= 15 is 0 Å². The number of aliphatic hydroxyl groups is 3. The number of carbonyl (C=O) groups is 3. The second kappa shape index (κ2) is 10.8. The molecule has 8 nitrogen and oxygen atoms in total. The Bertz CT molecular complexity index is 1740. The van der Waals surface area contributed by atoms with Gasteiger partial charge in [0.2, 0.25) is 5.78 Å². The van der Waals surface area contributed by atoms with E-state index in [2.05, 4.69) is 12.1 Å². The molecular formula is C38H44O8. The minimum absolute atomic E-state index is 0.0405. The molecule has 2 saturated carbocycles. The van der Waals surface area contributed by atoms with Gasteiger partial charge in [-0.05, 0) is 72.9 Å². The number of methoxy groups -OCH3 is 1. The molecule has 2 aromatic carbocycles. The van der Waals surface area contributed by atoms with Gasteiger partial charge in [0.05, 0.1) is 12.7 Å². The fourth-order valence-corrected chi connectivity index (χ4v) is 9.61. The average Bonchev–Trinajstić information content (AvgIpc) is 3.48. The number of ketones is 3. The second-order valence-electron chi connectivity index (χ2n) is 14.8. The number of aromatic hydroxyl groups is 1. The largest absolute Gasteiger partial charge is 0.508 e. The number of fused-ring (bicyclic) bond motifs is 3. The van der Waals surface area contributed by atoms with Crippen LogP contribution in [0, 0.1) is 28.6 Å². The number of aliphatic hydroxyl groups excluding tert-OH is 2. The lowest BCUT2D eigenvalue weighted by molar-refractivity contribution is -0.178. The third-order valence-corrected chi connectivity index (χ3v) is 11.4. The molecule has 0 amide bonds. The van der Waals surface area contributed by atoms with Gasteiger partial charge in [0, 0.05) is 27.9 Å². The van der Waals surface area contributed by atoms with Crippen molar-refractivity contribution < 1.29 is 39.5 Å². The summed E-state index contributed by atoms with van der Waals surface area (Å²) in [5.74, 6) is -4.10. The molecule has 2 fully saturated rings. The van der Waals surface area contributed by atoms with Gasteiger partial charge in [0.25, 0.3) is 0 Å². The zero-order valence-electron chi connectivity index (χ0n) is 27.5. The van der Waals surface area contributed by atoms with Crippen LogP contribution >= 0.6 is 0 Å². The molecule has 0 spiro atoms. The molecule has 46 heavy (non-hydrogen) atoms. The Morgan fingerprint density at radius 1 is 1.02 bits per heavy atom. The maximum Gasteiger partial charge on any atom is 0.203 e. The van der Waals surface area contributed by atoms with Gasteiger partial charge >= 0.3 is 0 Å². The molecule has 0 bridgehead atoms. The summed E-state index contributed by atoms with van der Waals surface area (Å²) in [6, 6.07) is 9.40. The summed E-state index contributed by atoms with van der Waals surface area (Å²) in [5.41, 5.74) is -2.56. The molecule has 0 heterocycles. The molecule has 4 aliphatic rings. The monoisotopic (exact) mass is 628 g/mol. The van der Waals surface area contributed by atoms with E-state index in [0.29, 0.717) is 17.2 Å². The zero-order valence-corrected chi connectivity index (χ0v) is 27.5. The van der Waals surface area contributed by atoms with Gasteiger partial charge in [-0.2, -0.15) is 0 Å². The topological polar surface area (TPSA) is 141 Å². The van der Waals surface area contributed by atoms with E-state index in [4.69, 9.17) is 4.74 Å². The van der Waals surface area contributed by atoms with Gasteiger partial charge in [-0.25, -0.2) is 0 Å². The van der Waals surface area contributed by atoms with E-state index < -0.39 is 56.8 Å². The van der Waals surface area contributed by atoms with E-state index in [-0.39, 0.29) is 35.6 Å². The van der Waals surface area contributed by atoms with Crippen LogP contribution in [0.25, 0.3) is 16.9 Å². The number of ether oxygens (including phenoxy) is 1. The van der Waals surface area contributed by atoms with E-state index in [0.717, 1.165) is 24.5 Å². The number of benzene rings is 2. The molecule has 8 heteroatoms. The normalized spacial score (nSPS) is 29.6. The number of carbonyl (C=O) groups excluding carboxylic acids is 3. The molecule has 0 saturated heterocycles. The highest BCUT2D eigenvalue weighted by Gasteiger charge is 2.72. The van der Waals surface area contributed by atoms with Crippen LogP contribution in [0.3, 0.4) is 0 Å². The van der Waals surface area contributed by atoms with Crippen LogP contribution < -0.4 is 4.74 Å². The first-order valence-corrected chi connectivity index (χ1v) is 16.3. The van der Waals surface area contributed by atoms with Crippen LogP contribution in [-0.2, 0) is 27.2 Å². The lowest BCUT2D eigenvalue weighted by atomic mass is 9.43. The number of rotatable bonds is 6. The summed E-state index contributed by atoms with van der Waals surface area (Å²) >= 11 is 0. The Morgan fingerprint density at radius 2 is 1.70 bits per heavy atom. The summed E-state index contributed by atoms with van der Waals surface area (Å²) in [6.07, 6.45) is 6.07. The highest BCUT2D eigenvalue weighted by atomic mass is 16.5. The molecule has 0 radical (unpaired) electrons. The minimum atomic E-state index is -2.64. The number of Topliss-reactive ketones (excluding diaryl/α,β-unsaturated/α-hetero) is 3. The van der Waals surface area contributed by atoms with Gasteiger partial charge < -0.3 is 25.2 Å². The van der Waals surface area contributed by atoms with Gasteiger partial charge in [-0.1, -0.05) is 65.5 Å². The first-order chi connectivity index (χ1) is 21.6. The minimum Gasteiger partial charge on any atom is -0.508 e. The van der Waals surface area contributed by atoms with Crippen molar-refractivity contribution in [2.75, 3.05) is 7.11 Å². The molecular weight excluding hydrogens is 584 g/mol. The van der Waals surface area contributed by atoms with Crippen LogP contribution in [0.4, 0.5) is 0 Å².